The molecule has 1 heterocycles. The van der Waals surface area contributed by atoms with Gasteiger partial charge in [-0.1, -0.05) is 0 Å². The van der Waals surface area contributed by atoms with Crippen LogP contribution in [0.2, 0.25) is 0 Å². The normalized spacial score (nSPS) is 32.9. The van der Waals surface area contributed by atoms with Gasteiger partial charge in [-0.25, -0.2) is 5.21 Å². The zero-order valence-corrected chi connectivity index (χ0v) is 8.57. The highest BCUT2D eigenvalue weighted by molar-refractivity contribution is 7.86. The third kappa shape index (κ3) is 2.87. The van der Waals surface area contributed by atoms with Gasteiger partial charge in [0.05, 0.1) is 0 Å². The van der Waals surface area contributed by atoms with Crippen molar-refractivity contribution in [1.82, 2.24) is 0 Å². The first-order valence-corrected chi connectivity index (χ1v) is 6.67. The van der Waals surface area contributed by atoms with Crippen molar-refractivity contribution in [2.24, 2.45) is 0 Å². The maximum atomic E-state index is 10.5. The largest absolute Gasteiger partial charge is 0.328 e. The molecule has 2 unspecified atom stereocenters. The smallest absolute Gasteiger partial charge is 0.285 e. The molecule has 0 radical (unpaired) electrons. The van der Waals surface area contributed by atoms with Crippen LogP contribution in [0.25, 0.3) is 0 Å². The van der Waals surface area contributed by atoms with E-state index in [0.717, 1.165) is 0 Å². The van der Waals surface area contributed by atoms with E-state index in [1.54, 1.807) is 0 Å². The molecule has 3 N–H and O–H groups in total. The first-order chi connectivity index (χ1) is 6.05. The second kappa shape index (κ2) is 3.12. The highest BCUT2D eigenvalue weighted by atomic mass is 32.2. The molecule has 8 nitrogen and oxygen atoms in total. The third-order valence-electron chi connectivity index (χ3n) is 1.96. The Morgan fingerprint density at radius 3 is 2.00 bits per heavy atom. The topological polar surface area (TPSA) is 129 Å². The van der Waals surface area contributed by atoms with E-state index in [0.29, 0.717) is 0 Å². The third-order valence-corrected chi connectivity index (χ3v) is 3.88. The zero-order valence-electron chi connectivity index (χ0n) is 6.94. The Balaban J connectivity index is 2.59. The van der Waals surface area contributed by atoms with Gasteiger partial charge in [-0.15, -0.1) is 0 Å². The van der Waals surface area contributed by atoms with Crippen LogP contribution in [0, 0.1) is 0 Å². The highest BCUT2D eigenvalue weighted by Gasteiger charge is 2.64. The molecule has 0 spiro atoms. The lowest BCUT2D eigenvalue weighted by atomic mass is 10.7. The molecule has 1 aliphatic heterocycles. The van der Waals surface area contributed by atoms with Crippen LogP contribution in [0.1, 0.15) is 0 Å². The molecule has 1 rings (SSSR count). The standard InChI is InChI=1S/C4H9NO7S2/c6-5(1-2-13(7,8)9)3-4(5)14(10,11)12/h4,6H,1-3H2,(H-,7,8,9,10,11,12)/p+1. The van der Waals surface area contributed by atoms with Crippen LogP contribution >= 0.6 is 0 Å². The summed E-state index contributed by atoms with van der Waals surface area (Å²) in [6, 6.07) is 0. The molecule has 1 aliphatic rings. The van der Waals surface area contributed by atoms with E-state index >= 15 is 0 Å². The Morgan fingerprint density at radius 2 is 1.71 bits per heavy atom. The summed E-state index contributed by atoms with van der Waals surface area (Å²) in [7, 11) is -8.60. The van der Waals surface area contributed by atoms with Crippen LogP contribution in [-0.2, 0) is 20.2 Å². The summed E-state index contributed by atoms with van der Waals surface area (Å²) in [5, 5.41) is 7.91. The van der Waals surface area contributed by atoms with Crippen molar-refractivity contribution < 1.29 is 35.8 Å². The lowest BCUT2D eigenvalue weighted by molar-refractivity contribution is -1.00. The van der Waals surface area contributed by atoms with Gasteiger partial charge in [0.15, 0.2) is 6.54 Å². The van der Waals surface area contributed by atoms with Crippen molar-refractivity contribution in [3.63, 3.8) is 0 Å². The first-order valence-electron chi connectivity index (χ1n) is 3.56. The van der Waals surface area contributed by atoms with Gasteiger partial charge in [-0.05, 0) is 0 Å². The molecular weight excluding hydrogens is 238 g/mol. The van der Waals surface area contributed by atoms with E-state index in [-0.39, 0.29) is 6.54 Å². The van der Waals surface area contributed by atoms with Gasteiger partial charge in [0.25, 0.3) is 15.5 Å². The van der Waals surface area contributed by atoms with E-state index in [1.165, 1.54) is 0 Å². The molecule has 0 amide bonds. The zero-order chi connectivity index (χ0) is 11.2. The van der Waals surface area contributed by atoms with Crippen LogP contribution < -0.4 is 0 Å². The van der Waals surface area contributed by atoms with Gasteiger partial charge in [-0.2, -0.15) is 21.5 Å². The predicted octanol–water partition coefficient (Wildman–Crippen LogP) is -1.69. The van der Waals surface area contributed by atoms with Crippen LogP contribution in [-0.4, -0.2) is 60.0 Å². The van der Waals surface area contributed by atoms with Crippen molar-refractivity contribution >= 4 is 20.2 Å². The Kier molecular flexibility index (Phi) is 2.63. The quantitative estimate of drug-likeness (QED) is 0.307. The Labute approximate surface area is 80.8 Å². The monoisotopic (exact) mass is 248 g/mol. The van der Waals surface area contributed by atoms with Crippen molar-refractivity contribution in [3.05, 3.63) is 0 Å². The first kappa shape index (κ1) is 11.8. The van der Waals surface area contributed by atoms with Gasteiger partial charge in [-0.3, -0.25) is 9.11 Å². The molecule has 2 atom stereocenters. The van der Waals surface area contributed by atoms with Gasteiger partial charge in [0.2, 0.25) is 0 Å². The van der Waals surface area contributed by atoms with Gasteiger partial charge in [0.1, 0.15) is 12.3 Å². The lowest BCUT2D eigenvalue weighted by Crippen LogP contribution is -2.33. The summed E-state index contributed by atoms with van der Waals surface area (Å²) in [6.45, 7) is -0.738. The van der Waals surface area contributed by atoms with E-state index < -0.39 is 42.6 Å². The Morgan fingerprint density at radius 1 is 1.21 bits per heavy atom. The number of hydrogen-bond acceptors (Lipinski definition) is 5. The SMILES string of the molecule is O=S(=O)(O)CC[N+]1(O)CC1S(=O)(=O)O. The minimum atomic E-state index is -4.36. The number of nitrogens with zero attached hydrogens (tertiary/aromatic N) is 1. The van der Waals surface area contributed by atoms with Crippen molar-refractivity contribution in [1.29, 1.82) is 0 Å². The Bertz CT molecular complexity index is 425. The average molecular weight is 248 g/mol. The van der Waals surface area contributed by atoms with Crippen LogP contribution in [0.5, 0.6) is 0 Å². The van der Waals surface area contributed by atoms with Crippen molar-refractivity contribution in [2.45, 2.75) is 5.37 Å². The molecule has 0 aromatic carbocycles. The second-order valence-corrected chi connectivity index (χ2v) is 6.30. The number of quaternary nitrogens is 1. The minimum Gasteiger partial charge on any atom is -0.285 e. The van der Waals surface area contributed by atoms with E-state index in [9.17, 15) is 22.0 Å². The van der Waals surface area contributed by atoms with E-state index in [2.05, 4.69) is 0 Å². The van der Waals surface area contributed by atoms with Gasteiger partial charge >= 0.3 is 10.1 Å². The fourth-order valence-corrected chi connectivity index (χ4v) is 2.67. The van der Waals surface area contributed by atoms with Gasteiger partial charge < -0.3 is 0 Å². The Hall–Kier alpha value is -0.260. The van der Waals surface area contributed by atoms with E-state index in [1.807, 2.05) is 0 Å². The number of rotatable bonds is 4. The van der Waals surface area contributed by atoms with Crippen molar-refractivity contribution in [2.75, 3.05) is 18.8 Å². The summed E-state index contributed by atoms with van der Waals surface area (Å²) in [6.07, 6.45) is 0. The van der Waals surface area contributed by atoms with Gasteiger partial charge in [0, 0.05) is 0 Å². The maximum Gasteiger partial charge on any atom is 0.328 e. The maximum absolute atomic E-state index is 10.5. The summed E-state index contributed by atoms with van der Waals surface area (Å²) in [4.78, 5) is 0. The molecule has 0 aliphatic carbocycles. The lowest BCUT2D eigenvalue weighted by Gasteiger charge is -2.07. The fourth-order valence-electron chi connectivity index (χ4n) is 1.07. The summed E-state index contributed by atoms with van der Waals surface area (Å²) in [5.74, 6) is -0.754. The number of hydroxylamine groups is 3. The highest BCUT2D eigenvalue weighted by Crippen LogP contribution is 2.31. The van der Waals surface area contributed by atoms with Crippen LogP contribution in [0.3, 0.4) is 0 Å². The average Bonchev–Trinajstić information content (AvgIpc) is 2.57. The fraction of sp³-hybridized carbons (Fsp3) is 1.00. The van der Waals surface area contributed by atoms with E-state index in [4.69, 9.17) is 9.11 Å². The van der Waals surface area contributed by atoms with Crippen LogP contribution in [0.4, 0.5) is 0 Å². The van der Waals surface area contributed by atoms with Crippen molar-refractivity contribution in [3.8, 4) is 0 Å². The predicted molar refractivity (Wildman–Crippen MR) is 43.5 cm³/mol. The second-order valence-electron chi connectivity index (χ2n) is 3.15. The summed E-state index contributed by atoms with van der Waals surface area (Å²) in [5.41, 5.74) is 0. The molecule has 10 heteroatoms. The molecule has 1 fully saturated rings. The molecule has 0 aromatic heterocycles. The van der Waals surface area contributed by atoms with Crippen LogP contribution in [0.15, 0.2) is 0 Å². The molecule has 0 bridgehead atoms. The number of hydrogen-bond donors (Lipinski definition) is 3. The molecule has 84 valence electrons. The summed E-state index contributed by atoms with van der Waals surface area (Å²) >= 11 is 0. The molecule has 0 aromatic rings. The molecule has 1 saturated heterocycles. The summed E-state index contributed by atoms with van der Waals surface area (Å²) < 4.78 is 57.3. The molecule has 0 saturated carbocycles. The molecular formula is C4H10NO7S2+. The minimum absolute atomic E-state index is 0.269. The molecule has 14 heavy (non-hydrogen) atoms.